The second-order valence-corrected chi connectivity index (χ2v) is 4.50. The second kappa shape index (κ2) is 6.38. The molecule has 18 heavy (non-hydrogen) atoms. The standard InChI is InChI=1S/C11H19F3N2O2/c1-2-16(8-3-4-8)6-5-15-7-9(10(17)18)11(12,13)14/h8-9,15H,2-7H2,1H3,(H,17,18). The van der Waals surface area contributed by atoms with Gasteiger partial charge in [0.15, 0.2) is 5.92 Å². The van der Waals surface area contributed by atoms with E-state index in [-0.39, 0.29) is 0 Å². The van der Waals surface area contributed by atoms with Gasteiger partial charge in [0, 0.05) is 25.7 Å². The molecule has 1 rings (SSSR count). The zero-order valence-electron chi connectivity index (χ0n) is 10.3. The topological polar surface area (TPSA) is 52.6 Å². The number of carboxylic acid groups (broad SMARTS) is 1. The second-order valence-electron chi connectivity index (χ2n) is 4.50. The van der Waals surface area contributed by atoms with Crippen molar-refractivity contribution in [1.82, 2.24) is 10.2 Å². The first-order valence-corrected chi connectivity index (χ1v) is 6.10. The molecule has 0 aliphatic heterocycles. The Morgan fingerprint density at radius 1 is 1.50 bits per heavy atom. The fourth-order valence-corrected chi connectivity index (χ4v) is 1.85. The maximum atomic E-state index is 12.3. The fourth-order valence-electron chi connectivity index (χ4n) is 1.85. The molecule has 0 amide bonds. The molecule has 0 heterocycles. The Morgan fingerprint density at radius 3 is 2.50 bits per heavy atom. The zero-order chi connectivity index (χ0) is 13.8. The molecular formula is C11H19F3N2O2. The molecular weight excluding hydrogens is 249 g/mol. The first-order chi connectivity index (χ1) is 8.36. The molecule has 0 saturated heterocycles. The smallest absolute Gasteiger partial charge is 0.403 e. The lowest BCUT2D eigenvalue weighted by atomic mass is 10.1. The van der Waals surface area contributed by atoms with Crippen molar-refractivity contribution in [3.05, 3.63) is 0 Å². The monoisotopic (exact) mass is 268 g/mol. The molecule has 0 aromatic carbocycles. The Kier molecular flexibility index (Phi) is 5.40. The number of aliphatic carboxylic acids is 1. The Morgan fingerprint density at radius 2 is 2.11 bits per heavy atom. The van der Waals surface area contributed by atoms with Crippen LogP contribution in [0.2, 0.25) is 0 Å². The van der Waals surface area contributed by atoms with E-state index in [9.17, 15) is 18.0 Å². The van der Waals surface area contributed by atoms with Crippen LogP contribution in [0.3, 0.4) is 0 Å². The number of rotatable bonds is 8. The van der Waals surface area contributed by atoms with Crippen LogP contribution in [0.25, 0.3) is 0 Å². The molecule has 7 heteroatoms. The maximum absolute atomic E-state index is 12.3. The number of halogens is 3. The number of hydrogen-bond donors (Lipinski definition) is 2. The number of nitrogens with one attached hydrogen (secondary N) is 1. The van der Waals surface area contributed by atoms with Gasteiger partial charge in [-0.25, -0.2) is 0 Å². The lowest BCUT2D eigenvalue weighted by Crippen LogP contribution is -2.41. The summed E-state index contributed by atoms with van der Waals surface area (Å²) in [7, 11) is 0. The average Bonchev–Trinajstić information content (AvgIpc) is 3.04. The summed E-state index contributed by atoms with van der Waals surface area (Å²) in [5, 5.41) is 11.1. The lowest BCUT2D eigenvalue weighted by molar-refractivity contribution is -0.192. The van der Waals surface area contributed by atoms with E-state index in [1.54, 1.807) is 0 Å². The van der Waals surface area contributed by atoms with Crippen molar-refractivity contribution in [3.63, 3.8) is 0 Å². The SMILES string of the molecule is CCN(CCNCC(C(=O)O)C(F)(F)F)C1CC1. The first kappa shape index (κ1) is 15.2. The van der Waals surface area contributed by atoms with Gasteiger partial charge in [-0.15, -0.1) is 0 Å². The lowest BCUT2D eigenvalue weighted by Gasteiger charge is -2.21. The van der Waals surface area contributed by atoms with E-state index in [1.165, 1.54) is 0 Å². The van der Waals surface area contributed by atoms with Crippen LogP contribution in [0.4, 0.5) is 13.2 Å². The Bertz CT molecular complexity index is 280. The Labute approximate surface area is 104 Å². The summed E-state index contributed by atoms with van der Waals surface area (Å²) >= 11 is 0. The molecule has 0 bridgehead atoms. The number of likely N-dealkylation sites (N-methyl/N-ethyl adjacent to an activating group) is 1. The van der Waals surface area contributed by atoms with Crippen LogP contribution in [0, 0.1) is 5.92 Å². The molecule has 0 radical (unpaired) electrons. The summed E-state index contributed by atoms with van der Waals surface area (Å²) in [6, 6.07) is 0.565. The van der Waals surface area contributed by atoms with E-state index in [0.717, 1.165) is 19.4 Å². The van der Waals surface area contributed by atoms with Crippen LogP contribution in [0.5, 0.6) is 0 Å². The van der Waals surface area contributed by atoms with Crippen LogP contribution in [0.15, 0.2) is 0 Å². The van der Waals surface area contributed by atoms with Crippen LogP contribution in [-0.4, -0.2) is 54.4 Å². The van der Waals surface area contributed by atoms with Gasteiger partial charge in [0.25, 0.3) is 0 Å². The number of hydrogen-bond acceptors (Lipinski definition) is 3. The molecule has 1 aliphatic rings. The summed E-state index contributed by atoms with van der Waals surface area (Å²) < 4.78 is 37.0. The van der Waals surface area contributed by atoms with Gasteiger partial charge in [-0.2, -0.15) is 13.2 Å². The predicted octanol–water partition coefficient (Wildman–Crippen LogP) is 1.32. The fraction of sp³-hybridized carbons (Fsp3) is 0.909. The normalized spacial score (nSPS) is 18.1. The first-order valence-electron chi connectivity index (χ1n) is 6.10. The van der Waals surface area contributed by atoms with E-state index < -0.39 is 24.6 Å². The van der Waals surface area contributed by atoms with Crippen molar-refractivity contribution >= 4 is 5.97 Å². The van der Waals surface area contributed by atoms with E-state index in [1.807, 2.05) is 6.92 Å². The molecule has 4 nitrogen and oxygen atoms in total. The van der Waals surface area contributed by atoms with Crippen molar-refractivity contribution in [2.24, 2.45) is 5.92 Å². The molecule has 0 aromatic heterocycles. The molecule has 1 saturated carbocycles. The van der Waals surface area contributed by atoms with Crippen molar-refractivity contribution in [3.8, 4) is 0 Å². The summed E-state index contributed by atoms with van der Waals surface area (Å²) in [4.78, 5) is 12.7. The molecule has 1 fully saturated rings. The van der Waals surface area contributed by atoms with E-state index in [2.05, 4.69) is 10.2 Å². The third-order valence-corrected chi connectivity index (χ3v) is 3.09. The van der Waals surface area contributed by atoms with Crippen LogP contribution in [-0.2, 0) is 4.79 Å². The molecule has 1 aliphatic carbocycles. The maximum Gasteiger partial charge on any atom is 0.403 e. The van der Waals surface area contributed by atoms with Crippen LogP contribution >= 0.6 is 0 Å². The highest BCUT2D eigenvalue weighted by Gasteiger charge is 2.44. The van der Waals surface area contributed by atoms with Crippen LogP contribution < -0.4 is 5.32 Å². The van der Waals surface area contributed by atoms with Gasteiger partial charge in [0.1, 0.15) is 0 Å². The third kappa shape index (κ3) is 4.81. The van der Waals surface area contributed by atoms with Gasteiger partial charge in [-0.05, 0) is 19.4 Å². The van der Waals surface area contributed by atoms with Gasteiger partial charge in [-0.3, -0.25) is 9.69 Å². The van der Waals surface area contributed by atoms with Crippen molar-refractivity contribution in [1.29, 1.82) is 0 Å². The molecule has 1 atom stereocenters. The third-order valence-electron chi connectivity index (χ3n) is 3.09. The van der Waals surface area contributed by atoms with Gasteiger partial charge >= 0.3 is 12.1 Å². The minimum Gasteiger partial charge on any atom is -0.481 e. The quantitative estimate of drug-likeness (QED) is 0.652. The van der Waals surface area contributed by atoms with E-state index in [0.29, 0.717) is 19.1 Å². The van der Waals surface area contributed by atoms with E-state index in [4.69, 9.17) is 5.11 Å². The Hall–Kier alpha value is -0.820. The minimum absolute atomic E-state index is 0.379. The molecule has 0 spiro atoms. The van der Waals surface area contributed by atoms with Crippen molar-refractivity contribution in [2.75, 3.05) is 26.2 Å². The van der Waals surface area contributed by atoms with Gasteiger partial charge < -0.3 is 10.4 Å². The molecule has 1 unspecified atom stereocenters. The summed E-state index contributed by atoms with van der Waals surface area (Å²) in [6.45, 7) is 3.35. The van der Waals surface area contributed by atoms with Crippen LogP contribution in [0.1, 0.15) is 19.8 Å². The summed E-state index contributed by atoms with van der Waals surface area (Å²) in [6.07, 6.45) is -2.40. The van der Waals surface area contributed by atoms with E-state index >= 15 is 0 Å². The van der Waals surface area contributed by atoms with Gasteiger partial charge in [-0.1, -0.05) is 6.92 Å². The van der Waals surface area contributed by atoms with Gasteiger partial charge in [0.05, 0.1) is 0 Å². The molecule has 0 aromatic rings. The predicted molar refractivity (Wildman–Crippen MR) is 60.3 cm³/mol. The van der Waals surface area contributed by atoms with Crippen molar-refractivity contribution < 1.29 is 23.1 Å². The van der Waals surface area contributed by atoms with Crippen molar-refractivity contribution in [2.45, 2.75) is 32.0 Å². The molecule has 106 valence electrons. The zero-order valence-corrected chi connectivity index (χ0v) is 10.3. The highest BCUT2D eigenvalue weighted by molar-refractivity contribution is 5.71. The average molecular weight is 268 g/mol. The minimum atomic E-state index is -4.69. The summed E-state index contributed by atoms with van der Waals surface area (Å²) in [5.74, 6) is -4.15. The molecule has 2 N–H and O–H groups in total. The number of carboxylic acids is 1. The number of carbonyl (C=O) groups is 1. The largest absolute Gasteiger partial charge is 0.481 e. The van der Waals surface area contributed by atoms with Gasteiger partial charge in [0.2, 0.25) is 0 Å². The Balaban J connectivity index is 2.24. The highest BCUT2D eigenvalue weighted by atomic mass is 19.4. The number of nitrogens with zero attached hydrogens (tertiary/aromatic N) is 1. The highest BCUT2D eigenvalue weighted by Crippen LogP contribution is 2.26. The summed E-state index contributed by atoms with van der Waals surface area (Å²) in [5.41, 5.74) is 0. The number of alkyl halides is 3.